The lowest BCUT2D eigenvalue weighted by atomic mass is 9.63. The third-order valence-corrected chi connectivity index (χ3v) is 4.59. The van der Waals surface area contributed by atoms with E-state index in [0.717, 1.165) is 50.7 Å². The Balaban J connectivity index is 2.02. The van der Waals surface area contributed by atoms with Gasteiger partial charge in [-0.2, -0.15) is 0 Å². The Morgan fingerprint density at radius 2 is 1.95 bits per heavy atom. The Hall–Kier alpha value is -0.940. The average Bonchev–Trinajstić information content (AvgIpc) is 2.90. The number of aromatic nitrogens is 2. The second kappa shape index (κ2) is 6.88. The maximum Gasteiger partial charge on any atom is 0.230 e. The standard InChI is InChI=1S/C16H29N3O2/c1-6-9-19(11-15-18-17-14(7-2)21-15)12-10-13(20-8-3)16(12,4)5/h12-13H,6-11H2,1-5H3. The van der Waals surface area contributed by atoms with E-state index in [2.05, 4.69) is 42.8 Å². The molecule has 1 aromatic heterocycles. The van der Waals surface area contributed by atoms with E-state index in [0.29, 0.717) is 12.1 Å². The highest BCUT2D eigenvalue weighted by molar-refractivity contribution is 5.04. The Labute approximate surface area is 128 Å². The number of nitrogens with zero attached hydrogens (tertiary/aromatic N) is 3. The average molecular weight is 295 g/mol. The second-order valence-corrected chi connectivity index (χ2v) is 6.43. The topological polar surface area (TPSA) is 51.4 Å². The molecule has 0 aliphatic heterocycles. The normalized spacial score (nSPS) is 24.3. The van der Waals surface area contributed by atoms with Gasteiger partial charge in [-0.05, 0) is 26.3 Å². The first-order valence-corrected chi connectivity index (χ1v) is 8.19. The quantitative estimate of drug-likeness (QED) is 0.738. The van der Waals surface area contributed by atoms with Crippen molar-refractivity contribution in [3.63, 3.8) is 0 Å². The third-order valence-electron chi connectivity index (χ3n) is 4.59. The minimum atomic E-state index is 0.179. The summed E-state index contributed by atoms with van der Waals surface area (Å²) in [6, 6.07) is 0.519. The molecule has 0 saturated heterocycles. The van der Waals surface area contributed by atoms with Crippen LogP contribution >= 0.6 is 0 Å². The van der Waals surface area contributed by atoms with Gasteiger partial charge in [0.2, 0.25) is 11.8 Å². The van der Waals surface area contributed by atoms with E-state index in [1.807, 2.05) is 6.92 Å². The van der Waals surface area contributed by atoms with Crippen molar-refractivity contribution in [3.8, 4) is 0 Å². The van der Waals surface area contributed by atoms with Gasteiger partial charge in [-0.15, -0.1) is 10.2 Å². The second-order valence-electron chi connectivity index (χ2n) is 6.43. The first-order chi connectivity index (χ1) is 10.0. The highest BCUT2D eigenvalue weighted by Gasteiger charge is 2.51. The molecule has 5 nitrogen and oxygen atoms in total. The van der Waals surface area contributed by atoms with Crippen LogP contribution in [-0.2, 0) is 17.7 Å². The van der Waals surface area contributed by atoms with Gasteiger partial charge in [-0.3, -0.25) is 4.90 Å². The maximum atomic E-state index is 5.85. The molecule has 0 bridgehead atoms. The summed E-state index contributed by atoms with van der Waals surface area (Å²) in [7, 11) is 0. The van der Waals surface area contributed by atoms with Crippen LogP contribution in [0.15, 0.2) is 4.42 Å². The van der Waals surface area contributed by atoms with Crippen LogP contribution in [0.2, 0.25) is 0 Å². The number of hydrogen-bond acceptors (Lipinski definition) is 5. The first kappa shape index (κ1) is 16.4. The maximum absolute atomic E-state index is 5.85. The Morgan fingerprint density at radius 3 is 2.48 bits per heavy atom. The van der Waals surface area contributed by atoms with Gasteiger partial charge in [0.1, 0.15) is 0 Å². The van der Waals surface area contributed by atoms with E-state index >= 15 is 0 Å². The van der Waals surface area contributed by atoms with Crippen molar-refractivity contribution in [2.75, 3.05) is 13.2 Å². The van der Waals surface area contributed by atoms with E-state index < -0.39 is 0 Å². The molecule has 1 aromatic rings. The van der Waals surface area contributed by atoms with Crippen molar-refractivity contribution >= 4 is 0 Å². The zero-order valence-corrected chi connectivity index (χ0v) is 14.1. The van der Waals surface area contributed by atoms with E-state index in [4.69, 9.17) is 9.15 Å². The van der Waals surface area contributed by atoms with E-state index in [1.54, 1.807) is 0 Å². The highest BCUT2D eigenvalue weighted by atomic mass is 16.5. The molecule has 0 aromatic carbocycles. The zero-order chi connectivity index (χ0) is 15.5. The summed E-state index contributed by atoms with van der Waals surface area (Å²) in [6.07, 6.45) is 3.37. The van der Waals surface area contributed by atoms with Gasteiger partial charge in [-0.1, -0.05) is 27.7 Å². The van der Waals surface area contributed by atoms with Gasteiger partial charge in [0.05, 0.1) is 12.6 Å². The van der Waals surface area contributed by atoms with Gasteiger partial charge >= 0.3 is 0 Å². The Kier molecular flexibility index (Phi) is 5.38. The van der Waals surface area contributed by atoms with Crippen molar-refractivity contribution in [2.24, 2.45) is 5.41 Å². The van der Waals surface area contributed by atoms with Crippen LogP contribution in [-0.4, -0.2) is 40.4 Å². The summed E-state index contributed by atoms with van der Waals surface area (Å²) < 4.78 is 11.5. The van der Waals surface area contributed by atoms with Gasteiger partial charge < -0.3 is 9.15 Å². The van der Waals surface area contributed by atoms with Gasteiger partial charge in [0.25, 0.3) is 0 Å². The van der Waals surface area contributed by atoms with Crippen molar-refractivity contribution in [3.05, 3.63) is 11.8 Å². The van der Waals surface area contributed by atoms with Crippen LogP contribution < -0.4 is 0 Å². The summed E-state index contributed by atoms with van der Waals surface area (Å²) in [4.78, 5) is 2.47. The SMILES string of the molecule is CCCN(Cc1nnc(CC)o1)C1CC(OCC)C1(C)C. The van der Waals surface area contributed by atoms with Crippen LogP contribution in [0, 0.1) is 5.41 Å². The Morgan fingerprint density at radius 1 is 1.24 bits per heavy atom. The molecule has 2 rings (SSSR count). The fourth-order valence-corrected chi connectivity index (χ4v) is 3.27. The van der Waals surface area contributed by atoms with Gasteiger partial charge in [0.15, 0.2) is 0 Å². The lowest BCUT2D eigenvalue weighted by molar-refractivity contribution is -0.152. The predicted molar refractivity (Wildman–Crippen MR) is 82.0 cm³/mol. The molecular weight excluding hydrogens is 266 g/mol. The molecular formula is C16H29N3O2. The molecule has 0 amide bonds. The summed E-state index contributed by atoms with van der Waals surface area (Å²) >= 11 is 0. The molecule has 1 fully saturated rings. The predicted octanol–water partition coefficient (Wildman–Crippen LogP) is 3.05. The van der Waals surface area contributed by atoms with E-state index in [9.17, 15) is 0 Å². The van der Waals surface area contributed by atoms with E-state index in [1.165, 1.54) is 0 Å². The lowest BCUT2D eigenvalue weighted by Gasteiger charge is -2.55. The van der Waals surface area contributed by atoms with Crippen LogP contribution in [0.5, 0.6) is 0 Å². The molecule has 1 heterocycles. The summed E-state index contributed by atoms with van der Waals surface area (Å²) in [5.41, 5.74) is 0.179. The minimum absolute atomic E-state index is 0.179. The molecule has 21 heavy (non-hydrogen) atoms. The van der Waals surface area contributed by atoms with Crippen molar-refractivity contribution in [1.29, 1.82) is 0 Å². The molecule has 1 saturated carbocycles. The number of ether oxygens (including phenoxy) is 1. The number of aryl methyl sites for hydroxylation is 1. The summed E-state index contributed by atoms with van der Waals surface area (Å²) in [5.74, 6) is 1.46. The minimum Gasteiger partial charge on any atom is -0.424 e. The third kappa shape index (κ3) is 3.46. The molecule has 1 aliphatic rings. The fourth-order valence-electron chi connectivity index (χ4n) is 3.27. The molecule has 0 radical (unpaired) electrons. The molecule has 2 unspecified atom stereocenters. The van der Waals surface area contributed by atoms with Crippen molar-refractivity contribution in [2.45, 2.75) is 72.6 Å². The van der Waals surface area contributed by atoms with Gasteiger partial charge in [0, 0.05) is 24.5 Å². The first-order valence-electron chi connectivity index (χ1n) is 8.19. The summed E-state index contributed by atoms with van der Waals surface area (Å²) in [6.45, 7) is 13.5. The Bertz CT molecular complexity index is 444. The smallest absolute Gasteiger partial charge is 0.230 e. The molecule has 5 heteroatoms. The van der Waals surface area contributed by atoms with Crippen molar-refractivity contribution < 1.29 is 9.15 Å². The fraction of sp³-hybridized carbons (Fsp3) is 0.875. The molecule has 120 valence electrons. The largest absolute Gasteiger partial charge is 0.424 e. The van der Waals surface area contributed by atoms with Crippen LogP contribution in [0.4, 0.5) is 0 Å². The zero-order valence-electron chi connectivity index (χ0n) is 14.1. The van der Waals surface area contributed by atoms with Gasteiger partial charge in [-0.25, -0.2) is 0 Å². The van der Waals surface area contributed by atoms with Crippen molar-refractivity contribution in [1.82, 2.24) is 15.1 Å². The number of hydrogen-bond donors (Lipinski definition) is 0. The molecule has 0 N–H and O–H groups in total. The monoisotopic (exact) mass is 295 g/mol. The highest BCUT2D eigenvalue weighted by Crippen LogP contribution is 2.46. The molecule has 2 atom stereocenters. The lowest BCUT2D eigenvalue weighted by Crippen LogP contribution is -2.62. The van der Waals surface area contributed by atoms with Crippen LogP contribution in [0.3, 0.4) is 0 Å². The van der Waals surface area contributed by atoms with E-state index in [-0.39, 0.29) is 5.41 Å². The summed E-state index contributed by atoms with van der Waals surface area (Å²) in [5, 5.41) is 8.23. The van der Waals surface area contributed by atoms with Crippen LogP contribution in [0.1, 0.15) is 59.2 Å². The number of rotatable bonds is 8. The van der Waals surface area contributed by atoms with Crippen LogP contribution in [0.25, 0.3) is 0 Å². The molecule has 0 spiro atoms. The molecule has 1 aliphatic carbocycles.